The van der Waals surface area contributed by atoms with Gasteiger partial charge in [0.05, 0.1) is 0 Å². The van der Waals surface area contributed by atoms with Gasteiger partial charge in [-0.05, 0) is 12.2 Å². The molecular formula is C2H7N2NaOS. The second kappa shape index (κ2) is 15.9. The first-order valence-electron chi connectivity index (χ1n) is 1.19. The Morgan fingerprint density at radius 3 is 1.43 bits per heavy atom. The van der Waals surface area contributed by atoms with Gasteiger partial charge in [-0.2, -0.15) is 7.11 Å². The van der Waals surface area contributed by atoms with Gasteiger partial charge in [-0.25, -0.2) is 0 Å². The van der Waals surface area contributed by atoms with E-state index in [-0.39, 0.29) is 34.7 Å². The van der Waals surface area contributed by atoms with Crippen LogP contribution in [0.2, 0.25) is 0 Å². The third-order valence-electron chi connectivity index (χ3n) is 0. The molecule has 7 heavy (non-hydrogen) atoms. The molecule has 3 nitrogen and oxygen atoms in total. The quantitative estimate of drug-likeness (QED) is 0.255. The van der Waals surface area contributed by atoms with E-state index in [4.69, 9.17) is 5.11 Å². The Kier molecular flexibility index (Phi) is 35.6. The first kappa shape index (κ1) is 15.6. The molecule has 5 heteroatoms. The van der Waals surface area contributed by atoms with E-state index < -0.39 is 0 Å². The van der Waals surface area contributed by atoms with Crippen LogP contribution in [0.1, 0.15) is 0 Å². The summed E-state index contributed by atoms with van der Waals surface area (Å²) in [6.07, 6.45) is 0. The summed E-state index contributed by atoms with van der Waals surface area (Å²) >= 11 is 4.09. The van der Waals surface area contributed by atoms with E-state index in [2.05, 4.69) is 23.7 Å². The molecular weight excluding hydrogens is 123 g/mol. The van der Waals surface area contributed by atoms with Crippen molar-refractivity contribution in [1.29, 1.82) is 0 Å². The van der Waals surface area contributed by atoms with E-state index in [1.807, 2.05) is 0 Å². The second-order valence-corrected chi connectivity index (χ2v) is 0.874. The number of thiocarbonyl (C=S) groups is 1. The summed E-state index contributed by atoms with van der Waals surface area (Å²) in [5.74, 6) is 0. The van der Waals surface area contributed by atoms with Crippen molar-refractivity contribution < 1.29 is 34.7 Å². The molecule has 0 heterocycles. The van der Waals surface area contributed by atoms with Crippen LogP contribution in [-0.4, -0.2) is 12.2 Å². The van der Waals surface area contributed by atoms with Gasteiger partial charge < -0.3 is 16.6 Å². The molecule has 0 atom stereocenters. The predicted octanol–water partition coefficient (Wildman–Crippen LogP) is -4.83. The standard InChI is InChI=1S/CH4N2S.CH3O.Na/c2-1(3)4;1-2;/h(H4,2,3,4);1H3;/q;-1;+1. The van der Waals surface area contributed by atoms with E-state index >= 15 is 0 Å². The van der Waals surface area contributed by atoms with E-state index in [1.54, 1.807) is 0 Å². The number of rotatable bonds is 0. The van der Waals surface area contributed by atoms with Crippen LogP contribution >= 0.6 is 12.2 Å². The van der Waals surface area contributed by atoms with Crippen molar-refractivity contribution in [2.75, 3.05) is 7.11 Å². The Balaban J connectivity index is -0.0000000480. The van der Waals surface area contributed by atoms with Crippen LogP contribution in [0.4, 0.5) is 0 Å². The van der Waals surface area contributed by atoms with E-state index in [1.165, 1.54) is 0 Å². The Hall–Kier alpha value is 0.650. The summed E-state index contributed by atoms with van der Waals surface area (Å²) in [4.78, 5) is 0. The maximum absolute atomic E-state index is 8.25. The van der Waals surface area contributed by atoms with Crippen LogP contribution in [0.5, 0.6) is 0 Å². The smallest absolute Gasteiger partial charge is 0.857 e. The van der Waals surface area contributed by atoms with Crippen molar-refractivity contribution in [3.05, 3.63) is 0 Å². The van der Waals surface area contributed by atoms with Crippen LogP contribution in [0, 0.1) is 0 Å². The van der Waals surface area contributed by atoms with Crippen LogP contribution in [0.25, 0.3) is 0 Å². The molecule has 0 radical (unpaired) electrons. The van der Waals surface area contributed by atoms with Crippen molar-refractivity contribution in [2.45, 2.75) is 0 Å². The van der Waals surface area contributed by atoms with E-state index in [0.717, 1.165) is 7.11 Å². The third kappa shape index (κ3) is 340. The molecule has 0 aromatic carbocycles. The molecule has 0 bridgehead atoms. The maximum Gasteiger partial charge on any atom is 1.00 e. The minimum absolute atomic E-state index is 0. The fraction of sp³-hybridized carbons (Fsp3) is 0.500. The van der Waals surface area contributed by atoms with Crippen LogP contribution in [0.3, 0.4) is 0 Å². The second-order valence-electron chi connectivity index (χ2n) is 0.402. The molecule has 38 valence electrons. The molecule has 0 saturated carbocycles. The number of hydrogen-bond donors (Lipinski definition) is 2. The summed E-state index contributed by atoms with van der Waals surface area (Å²) in [6.45, 7) is 0. The summed E-state index contributed by atoms with van der Waals surface area (Å²) in [5, 5.41) is 8.25. The fourth-order valence-electron chi connectivity index (χ4n) is 0. The Labute approximate surface area is 70.4 Å². The van der Waals surface area contributed by atoms with Gasteiger partial charge in [0.1, 0.15) is 0 Å². The fourth-order valence-corrected chi connectivity index (χ4v) is 0. The molecule has 4 N–H and O–H groups in total. The number of hydrogen-bond acceptors (Lipinski definition) is 2. The van der Waals surface area contributed by atoms with Crippen molar-refractivity contribution in [3.63, 3.8) is 0 Å². The maximum atomic E-state index is 8.25. The normalized spacial score (nSPS) is 4.29. The average molecular weight is 130 g/mol. The zero-order valence-corrected chi connectivity index (χ0v) is 7.29. The van der Waals surface area contributed by atoms with Crippen LogP contribution in [0.15, 0.2) is 0 Å². The first-order valence-corrected chi connectivity index (χ1v) is 1.60. The van der Waals surface area contributed by atoms with Gasteiger partial charge in [0.25, 0.3) is 0 Å². The summed E-state index contributed by atoms with van der Waals surface area (Å²) in [7, 11) is 0.750. The van der Waals surface area contributed by atoms with Crippen molar-refractivity contribution in [3.8, 4) is 0 Å². The molecule has 0 aromatic rings. The Morgan fingerprint density at radius 1 is 1.43 bits per heavy atom. The first-order chi connectivity index (χ1) is 2.73. The van der Waals surface area contributed by atoms with Crippen LogP contribution in [-0.2, 0) is 0 Å². The van der Waals surface area contributed by atoms with Gasteiger partial charge in [-0.3, -0.25) is 0 Å². The molecule has 0 unspecified atom stereocenters. The molecule has 0 aliphatic carbocycles. The summed E-state index contributed by atoms with van der Waals surface area (Å²) < 4.78 is 0. The summed E-state index contributed by atoms with van der Waals surface area (Å²) in [6, 6.07) is 0. The number of nitrogens with two attached hydrogens (primary N) is 2. The summed E-state index contributed by atoms with van der Waals surface area (Å²) in [5.41, 5.74) is 9.24. The SMILES string of the molecule is C[O-].NC(N)=S.[Na+]. The topological polar surface area (TPSA) is 75.1 Å². The van der Waals surface area contributed by atoms with Crippen molar-refractivity contribution >= 4 is 17.3 Å². The molecule has 0 amide bonds. The molecule has 0 spiro atoms. The molecule has 0 aliphatic heterocycles. The molecule has 0 rings (SSSR count). The third-order valence-corrected chi connectivity index (χ3v) is 0. The molecule has 0 fully saturated rings. The Bertz CT molecular complexity index is 38.7. The molecule has 0 saturated heterocycles. The van der Waals surface area contributed by atoms with E-state index in [0.29, 0.717) is 0 Å². The monoisotopic (exact) mass is 130 g/mol. The minimum atomic E-state index is 0. The van der Waals surface area contributed by atoms with Crippen molar-refractivity contribution in [2.24, 2.45) is 11.5 Å². The van der Waals surface area contributed by atoms with E-state index in [9.17, 15) is 0 Å². The molecule has 0 aromatic heterocycles. The largest absolute Gasteiger partial charge is 1.00 e. The minimum Gasteiger partial charge on any atom is -0.857 e. The van der Waals surface area contributed by atoms with Gasteiger partial charge in [0.15, 0.2) is 5.11 Å². The van der Waals surface area contributed by atoms with Gasteiger partial charge in [0, 0.05) is 0 Å². The van der Waals surface area contributed by atoms with Gasteiger partial charge in [0.2, 0.25) is 0 Å². The zero-order chi connectivity index (χ0) is 5.58. The average Bonchev–Trinajstić information content (AvgIpc) is 1.41. The van der Waals surface area contributed by atoms with Gasteiger partial charge in [-0.15, -0.1) is 0 Å². The molecule has 0 aliphatic rings. The predicted molar refractivity (Wildman–Crippen MR) is 26.9 cm³/mol. The van der Waals surface area contributed by atoms with Gasteiger partial charge in [-0.1, -0.05) is 0 Å². The van der Waals surface area contributed by atoms with Crippen molar-refractivity contribution in [1.82, 2.24) is 0 Å². The van der Waals surface area contributed by atoms with Gasteiger partial charge >= 0.3 is 29.6 Å². The zero-order valence-electron chi connectivity index (χ0n) is 4.47. The van der Waals surface area contributed by atoms with Crippen LogP contribution < -0.4 is 46.1 Å². The Morgan fingerprint density at radius 2 is 1.43 bits per heavy atom.